The van der Waals surface area contributed by atoms with Gasteiger partial charge < -0.3 is 5.84 Å². The van der Waals surface area contributed by atoms with E-state index in [4.69, 9.17) is 21.6 Å². The molecule has 3 aromatic rings. The monoisotopic (exact) mass is 375 g/mol. The first-order valence-electron chi connectivity index (χ1n) is 7.16. The minimum absolute atomic E-state index is 0.301. The topological polar surface area (TPSA) is 152 Å². The maximum Gasteiger partial charge on any atom is 0.257 e. The Hall–Kier alpha value is -4.26. The molecule has 0 unspecified atom stereocenters. The largest absolute Gasteiger partial charge is 0.323 e. The molecule has 0 aliphatic rings. The molecule has 0 spiro atoms. The third kappa shape index (κ3) is 5.36. The molecule has 0 bridgehead atoms. The Bertz CT molecular complexity index is 1040. The molecule has 0 saturated carbocycles. The molecular weight excluding hydrogens is 362 g/mol. The van der Waals surface area contributed by atoms with Gasteiger partial charge in [-0.15, -0.1) is 0 Å². The number of nitrogens with zero attached hydrogens (tertiary/aromatic N) is 5. The van der Waals surface area contributed by atoms with Gasteiger partial charge >= 0.3 is 0 Å². The predicted octanol–water partition coefficient (Wildman–Crippen LogP) is 2.99. The second-order valence-electron chi connectivity index (χ2n) is 4.67. The van der Waals surface area contributed by atoms with Gasteiger partial charge in [0.05, 0.1) is 28.1 Å². The molecular formula is C18H13N7OS. The predicted molar refractivity (Wildman–Crippen MR) is 104 cm³/mol. The number of hydrogen-bond acceptors (Lipinski definition) is 8. The van der Waals surface area contributed by atoms with Crippen LogP contribution >= 0.6 is 11.3 Å². The molecule has 1 aromatic heterocycles. The molecule has 3 N–H and O–H groups in total. The van der Waals surface area contributed by atoms with Crippen LogP contribution in [0.1, 0.15) is 21.5 Å². The van der Waals surface area contributed by atoms with E-state index < -0.39 is 0 Å². The van der Waals surface area contributed by atoms with Crippen LogP contribution in [-0.4, -0.2) is 17.1 Å². The zero-order chi connectivity index (χ0) is 20.2. The van der Waals surface area contributed by atoms with Gasteiger partial charge in [-0.05, 0) is 35.9 Å². The van der Waals surface area contributed by atoms with Crippen LogP contribution in [0.2, 0.25) is 0 Å². The third-order valence-electron chi connectivity index (χ3n) is 3.11. The Morgan fingerprint density at radius 1 is 1.22 bits per heavy atom. The Morgan fingerprint density at radius 2 is 1.96 bits per heavy atom. The van der Waals surface area contributed by atoms with Gasteiger partial charge in [0.25, 0.3) is 5.91 Å². The van der Waals surface area contributed by atoms with Crippen LogP contribution in [0.25, 0.3) is 10.2 Å². The Morgan fingerprint density at radius 3 is 2.63 bits per heavy atom. The summed E-state index contributed by atoms with van der Waals surface area (Å²) in [4.78, 5) is 16.6. The average Bonchev–Trinajstić information content (AvgIpc) is 3.12. The SMILES string of the molecule is C#N.C#N.N#Cc1cccc(C(=O)Nc2nc3ccc(C=NN)cc3s2)c1. The van der Waals surface area contributed by atoms with E-state index in [-0.39, 0.29) is 5.91 Å². The van der Waals surface area contributed by atoms with E-state index in [0.717, 1.165) is 15.8 Å². The summed E-state index contributed by atoms with van der Waals surface area (Å²) >= 11 is 1.36. The average molecular weight is 375 g/mol. The van der Waals surface area contributed by atoms with Gasteiger partial charge in [-0.2, -0.15) is 10.4 Å². The van der Waals surface area contributed by atoms with E-state index in [0.29, 0.717) is 16.3 Å². The van der Waals surface area contributed by atoms with Crippen molar-refractivity contribution in [1.29, 1.82) is 15.8 Å². The lowest BCUT2D eigenvalue weighted by Gasteiger charge is -2.01. The maximum atomic E-state index is 12.2. The van der Waals surface area contributed by atoms with Gasteiger partial charge in [0.1, 0.15) is 0 Å². The first-order chi connectivity index (χ1) is 13.2. The van der Waals surface area contributed by atoms with E-state index in [1.54, 1.807) is 30.5 Å². The number of nitrogens with one attached hydrogen (secondary N) is 1. The van der Waals surface area contributed by atoms with E-state index in [1.807, 2.05) is 24.3 Å². The van der Waals surface area contributed by atoms with Crippen molar-refractivity contribution in [3.8, 4) is 19.2 Å². The highest BCUT2D eigenvalue weighted by molar-refractivity contribution is 7.22. The van der Waals surface area contributed by atoms with Crippen molar-refractivity contribution in [2.75, 3.05) is 5.32 Å². The number of rotatable bonds is 3. The molecule has 0 aliphatic heterocycles. The quantitative estimate of drug-likeness (QED) is 0.408. The van der Waals surface area contributed by atoms with Crippen LogP contribution in [0.5, 0.6) is 0 Å². The molecule has 3 rings (SSSR count). The summed E-state index contributed by atoms with van der Waals surface area (Å²) in [6, 6.07) is 14.1. The Labute approximate surface area is 159 Å². The number of thiazole rings is 1. The maximum absolute atomic E-state index is 12.2. The number of aromatic nitrogens is 1. The van der Waals surface area contributed by atoms with Crippen molar-refractivity contribution < 1.29 is 4.79 Å². The van der Waals surface area contributed by atoms with Crippen molar-refractivity contribution in [2.24, 2.45) is 10.9 Å². The molecule has 9 heteroatoms. The molecule has 0 aliphatic carbocycles. The smallest absolute Gasteiger partial charge is 0.257 e. The molecule has 8 nitrogen and oxygen atoms in total. The highest BCUT2D eigenvalue weighted by Gasteiger charge is 2.10. The standard InChI is InChI=1S/C16H11N5OS.2CHN/c17-8-10-2-1-3-12(6-10)15(22)21-16-20-13-5-4-11(9-19-18)7-14(13)23-16;2*1-2/h1-7,9H,18H2,(H,20,21,22);2*1H. The highest BCUT2D eigenvalue weighted by atomic mass is 32.1. The fourth-order valence-electron chi connectivity index (χ4n) is 2.06. The second-order valence-corrected chi connectivity index (χ2v) is 5.70. The summed E-state index contributed by atoms with van der Waals surface area (Å²) in [6.07, 6.45) is 1.55. The van der Waals surface area contributed by atoms with Crippen LogP contribution in [-0.2, 0) is 0 Å². The van der Waals surface area contributed by atoms with Crippen LogP contribution < -0.4 is 11.2 Å². The lowest BCUT2D eigenvalue weighted by atomic mass is 10.1. The van der Waals surface area contributed by atoms with Gasteiger partial charge in [-0.1, -0.05) is 23.5 Å². The van der Waals surface area contributed by atoms with Crippen LogP contribution in [0.4, 0.5) is 5.13 Å². The Balaban J connectivity index is 0.000000855. The van der Waals surface area contributed by atoms with Crippen LogP contribution in [0, 0.1) is 35.0 Å². The van der Waals surface area contributed by atoms with Crippen LogP contribution in [0.3, 0.4) is 0 Å². The molecule has 0 atom stereocenters. The lowest BCUT2D eigenvalue weighted by molar-refractivity contribution is 0.102. The number of carbonyl (C=O) groups is 1. The molecule has 1 amide bonds. The van der Waals surface area contributed by atoms with E-state index in [9.17, 15) is 4.79 Å². The summed E-state index contributed by atoms with van der Waals surface area (Å²) in [5.74, 6) is 4.84. The minimum Gasteiger partial charge on any atom is -0.323 e. The third-order valence-corrected chi connectivity index (χ3v) is 4.04. The van der Waals surface area contributed by atoms with Crippen molar-refractivity contribution >= 4 is 38.8 Å². The molecule has 0 fully saturated rings. The van der Waals surface area contributed by atoms with Crippen molar-refractivity contribution in [3.05, 3.63) is 59.2 Å². The van der Waals surface area contributed by atoms with Crippen LogP contribution in [0.15, 0.2) is 47.6 Å². The summed E-state index contributed by atoms with van der Waals surface area (Å²) in [5, 5.41) is 28.6. The zero-order valence-electron chi connectivity index (χ0n) is 13.9. The van der Waals surface area contributed by atoms with Gasteiger partial charge in [0.15, 0.2) is 5.13 Å². The van der Waals surface area contributed by atoms with Crippen molar-refractivity contribution in [3.63, 3.8) is 0 Å². The molecule has 1 heterocycles. The number of amides is 1. The summed E-state index contributed by atoms with van der Waals surface area (Å²) in [5.41, 5.74) is 2.50. The zero-order valence-corrected chi connectivity index (χ0v) is 14.7. The van der Waals surface area contributed by atoms with Gasteiger partial charge in [0.2, 0.25) is 0 Å². The van der Waals surface area contributed by atoms with E-state index in [1.165, 1.54) is 11.3 Å². The number of benzene rings is 2. The van der Waals surface area contributed by atoms with Crippen molar-refractivity contribution in [2.45, 2.75) is 0 Å². The van der Waals surface area contributed by atoms with Gasteiger partial charge in [-0.3, -0.25) is 10.1 Å². The first kappa shape index (κ1) is 20.8. The Kier molecular flexibility index (Phi) is 8.14. The van der Waals surface area contributed by atoms with Gasteiger partial charge in [0, 0.05) is 18.7 Å². The number of carbonyl (C=O) groups excluding carboxylic acids is 1. The summed E-state index contributed by atoms with van der Waals surface area (Å²) in [7, 11) is 0. The molecule has 0 radical (unpaired) electrons. The molecule has 0 saturated heterocycles. The number of nitriles is 3. The number of hydrogen-bond donors (Lipinski definition) is 2. The number of fused-ring (bicyclic) bond motifs is 1. The highest BCUT2D eigenvalue weighted by Crippen LogP contribution is 2.27. The van der Waals surface area contributed by atoms with E-state index >= 15 is 0 Å². The molecule has 132 valence electrons. The van der Waals surface area contributed by atoms with Gasteiger partial charge in [-0.25, -0.2) is 15.5 Å². The minimum atomic E-state index is -0.301. The second kappa shape index (κ2) is 10.6. The number of anilines is 1. The molecule has 27 heavy (non-hydrogen) atoms. The fraction of sp³-hybridized carbons (Fsp3) is 0. The van der Waals surface area contributed by atoms with E-state index in [2.05, 4.69) is 28.5 Å². The summed E-state index contributed by atoms with van der Waals surface area (Å²) in [6.45, 7) is 7.00. The van der Waals surface area contributed by atoms with Crippen molar-refractivity contribution in [1.82, 2.24) is 4.98 Å². The normalized spacial score (nSPS) is 9.30. The summed E-state index contributed by atoms with van der Waals surface area (Å²) < 4.78 is 0.920. The first-order valence-corrected chi connectivity index (χ1v) is 7.98. The molecule has 2 aromatic carbocycles. The lowest BCUT2D eigenvalue weighted by Crippen LogP contribution is -2.11. The number of hydrazone groups is 1. The fourth-order valence-corrected chi connectivity index (χ4v) is 2.97. The number of nitrogens with two attached hydrogens (primary N) is 1.